The predicted octanol–water partition coefficient (Wildman–Crippen LogP) is 2.36. The van der Waals surface area contributed by atoms with Crippen LogP contribution in [0.4, 0.5) is 0 Å². The van der Waals surface area contributed by atoms with Crippen molar-refractivity contribution in [3.8, 4) is 17.0 Å². The van der Waals surface area contributed by atoms with Gasteiger partial charge in [-0.1, -0.05) is 12.1 Å². The fourth-order valence-electron chi connectivity index (χ4n) is 1.90. The van der Waals surface area contributed by atoms with Crippen LogP contribution < -0.4 is 10.5 Å². The van der Waals surface area contributed by atoms with Gasteiger partial charge in [0, 0.05) is 19.0 Å². The molecule has 1 aromatic carbocycles. The second kappa shape index (κ2) is 5.54. The van der Waals surface area contributed by atoms with Crippen LogP contribution in [0.5, 0.6) is 5.75 Å². The number of aromatic nitrogens is 2. The summed E-state index contributed by atoms with van der Waals surface area (Å²) in [7, 11) is 3.59. The van der Waals surface area contributed by atoms with Crippen molar-refractivity contribution in [1.29, 1.82) is 0 Å². The lowest BCUT2D eigenvalue weighted by Crippen LogP contribution is -2.07. The Bertz CT molecular complexity index is 551. The van der Waals surface area contributed by atoms with Gasteiger partial charge in [0.2, 0.25) is 0 Å². The van der Waals surface area contributed by atoms with E-state index in [4.69, 9.17) is 10.5 Å². The Morgan fingerprint density at radius 3 is 2.89 bits per heavy atom. The van der Waals surface area contributed by atoms with Crippen molar-refractivity contribution in [2.75, 3.05) is 13.7 Å². The van der Waals surface area contributed by atoms with Crippen LogP contribution in [-0.2, 0) is 13.5 Å². The number of halogens is 1. The number of aryl methyl sites for hydroxylation is 1. The van der Waals surface area contributed by atoms with Crippen LogP contribution in [0.1, 0.15) is 5.69 Å². The van der Waals surface area contributed by atoms with Crippen molar-refractivity contribution in [3.63, 3.8) is 0 Å². The average molecular weight is 310 g/mol. The highest BCUT2D eigenvalue weighted by Crippen LogP contribution is 2.31. The van der Waals surface area contributed by atoms with E-state index in [0.717, 1.165) is 33.6 Å². The minimum atomic E-state index is 0.607. The van der Waals surface area contributed by atoms with Crippen LogP contribution in [0, 0.1) is 0 Å². The molecule has 1 heterocycles. The van der Waals surface area contributed by atoms with E-state index >= 15 is 0 Å². The molecule has 2 aromatic rings. The molecule has 0 aliphatic heterocycles. The van der Waals surface area contributed by atoms with Gasteiger partial charge in [-0.25, -0.2) is 0 Å². The number of nitrogens with two attached hydrogens (primary N) is 1. The number of benzene rings is 1. The second-order valence-corrected chi connectivity index (χ2v) is 4.80. The molecule has 0 atom stereocenters. The average Bonchev–Trinajstić information content (AvgIpc) is 2.67. The molecule has 5 heteroatoms. The zero-order valence-corrected chi connectivity index (χ0v) is 12.1. The van der Waals surface area contributed by atoms with Gasteiger partial charge in [-0.3, -0.25) is 4.68 Å². The largest absolute Gasteiger partial charge is 0.497 e. The molecular formula is C13H16BrN3O. The summed E-state index contributed by atoms with van der Waals surface area (Å²) in [5, 5.41) is 4.53. The lowest BCUT2D eigenvalue weighted by atomic mass is 10.1. The zero-order chi connectivity index (χ0) is 13.1. The topological polar surface area (TPSA) is 53.1 Å². The molecule has 4 nitrogen and oxygen atoms in total. The van der Waals surface area contributed by atoms with Gasteiger partial charge in [0.15, 0.2) is 0 Å². The monoisotopic (exact) mass is 309 g/mol. The molecule has 18 heavy (non-hydrogen) atoms. The van der Waals surface area contributed by atoms with Crippen LogP contribution in [0.2, 0.25) is 0 Å². The first-order valence-electron chi connectivity index (χ1n) is 5.73. The van der Waals surface area contributed by atoms with E-state index in [-0.39, 0.29) is 0 Å². The van der Waals surface area contributed by atoms with Crippen LogP contribution >= 0.6 is 15.9 Å². The molecule has 0 bridgehead atoms. The van der Waals surface area contributed by atoms with Gasteiger partial charge in [0.1, 0.15) is 11.4 Å². The molecule has 0 spiro atoms. The minimum Gasteiger partial charge on any atom is -0.497 e. The molecule has 0 fully saturated rings. The van der Waals surface area contributed by atoms with Gasteiger partial charge >= 0.3 is 0 Å². The van der Waals surface area contributed by atoms with Gasteiger partial charge in [-0.2, -0.15) is 5.10 Å². The van der Waals surface area contributed by atoms with Crippen LogP contribution in [-0.4, -0.2) is 23.4 Å². The zero-order valence-electron chi connectivity index (χ0n) is 10.5. The third-order valence-electron chi connectivity index (χ3n) is 2.83. The third-order valence-corrected chi connectivity index (χ3v) is 3.66. The Morgan fingerprint density at radius 2 is 2.22 bits per heavy atom. The normalized spacial score (nSPS) is 10.7. The van der Waals surface area contributed by atoms with Crippen molar-refractivity contribution in [2.24, 2.45) is 12.8 Å². The van der Waals surface area contributed by atoms with E-state index in [1.807, 2.05) is 36.0 Å². The van der Waals surface area contributed by atoms with Crippen molar-refractivity contribution >= 4 is 15.9 Å². The molecule has 0 saturated heterocycles. The number of ether oxygens (including phenoxy) is 1. The number of hydrogen-bond acceptors (Lipinski definition) is 3. The summed E-state index contributed by atoms with van der Waals surface area (Å²) in [6, 6.07) is 7.86. The van der Waals surface area contributed by atoms with Gasteiger partial charge in [-0.05, 0) is 34.6 Å². The fraction of sp³-hybridized carbons (Fsp3) is 0.308. The smallest absolute Gasteiger partial charge is 0.119 e. The maximum atomic E-state index is 5.61. The standard InChI is InChI=1S/C13H16BrN3O/c1-17-11(6-7-15)12(14)13(16-17)9-4-3-5-10(8-9)18-2/h3-5,8H,6-7,15H2,1-2H3. The lowest BCUT2D eigenvalue weighted by Gasteiger charge is -2.02. The van der Waals surface area contributed by atoms with Gasteiger partial charge in [0.05, 0.1) is 17.3 Å². The molecule has 1 aromatic heterocycles. The van der Waals surface area contributed by atoms with E-state index < -0.39 is 0 Å². The summed E-state index contributed by atoms with van der Waals surface area (Å²) < 4.78 is 8.10. The Labute approximate surface area is 115 Å². The summed E-state index contributed by atoms with van der Waals surface area (Å²) in [6.07, 6.45) is 0.800. The quantitative estimate of drug-likeness (QED) is 0.943. The summed E-state index contributed by atoms with van der Waals surface area (Å²) in [4.78, 5) is 0. The molecule has 96 valence electrons. The van der Waals surface area contributed by atoms with Crippen molar-refractivity contribution in [3.05, 3.63) is 34.4 Å². The number of rotatable bonds is 4. The van der Waals surface area contributed by atoms with E-state index in [9.17, 15) is 0 Å². The predicted molar refractivity (Wildman–Crippen MR) is 75.7 cm³/mol. The fourth-order valence-corrected chi connectivity index (χ4v) is 2.66. The first kappa shape index (κ1) is 13.1. The molecule has 0 unspecified atom stereocenters. The SMILES string of the molecule is COc1cccc(-c2nn(C)c(CCN)c2Br)c1. The Hall–Kier alpha value is -1.33. The lowest BCUT2D eigenvalue weighted by molar-refractivity contribution is 0.415. The van der Waals surface area contributed by atoms with Crippen LogP contribution in [0.25, 0.3) is 11.3 Å². The van der Waals surface area contributed by atoms with Crippen molar-refractivity contribution < 1.29 is 4.74 Å². The van der Waals surface area contributed by atoms with Crippen molar-refractivity contribution in [1.82, 2.24) is 9.78 Å². The first-order valence-corrected chi connectivity index (χ1v) is 6.52. The van der Waals surface area contributed by atoms with E-state index in [1.165, 1.54) is 0 Å². The summed E-state index contributed by atoms with van der Waals surface area (Å²) in [5.41, 5.74) is 8.66. The molecular weight excluding hydrogens is 294 g/mol. The van der Waals surface area contributed by atoms with E-state index in [2.05, 4.69) is 21.0 Å². The number of nitrogens with zero attached hydrogens (tertiary/aromatic N) is 2. The summed E-state index contributed by atoms with van der Waals surface area (Å²) in [5.74, 6) is 0.824. The summed E-state index contributed by atoms with van der Waals surface area (Å²) >= 11 is 3.61. The number of methoxy groups -OCH3 is 1. The molecule has 0 aliphatic carbocycles. The molecule has 0 amide bonds. The Balaban J connectivity index is 2.47. The maximum Gasteiger partial charge on any atom is 0.119 e. The van der Waals surface area contributed by atoms with Crippen LogP contribution in [0.15, 0.2) is 28.7 Å². The van der Waals surface area contributed by atoms with Crippen LogP contribution in [0.3, 0.4) is 0 Å². The van der Waals surface area contributed by atoms with Gasteiger partial charge in [-0.15, -0.1) is 0 Å². The molecule has 0 saturated carbocycles. The molecule has 2 N–H and O–H groups in total. The Morgan fingerprint density at radius 1 is 1.44 bits per heavy atom. The third kappa shape index (κ3) is 2.42. The highest BCUT2D eigenvalue weighted by Gasteiger charge is 2.15. The minimum absolute atomic E-state index is 0.607. The van der Waals surface area contributed by atoms with Gasteiger partial charge in [0.25, 0.3) is 0 Å². The van der Waals surface area contributed by atoms with E-state index in [0.29, 0.717) is 6.54 Å². The van der Waals surface area contributed by atoms with E-state index in [1.54, 1.807) is 7.11 Å². The first-order chi connectivity index (χ1) is 8.67. The second-order valence-electron chi connectivity index (χ2n) is 4.00. The summed E-state index contributed by atoms with van der Waals surface area (Å²) in [6.45, 7) is 0.607. The molecule has 2 rings (SSSR count). The molecule has 0 aliphatic rings. The molecule has 0 radical (unpaired) electrons. The van der Waals surface area contributed by atoms with Gasteiger partial charge < -0.3 is 10.5 Å². The maximum absolute atomic E-state index is 5.61. The van der Waals surface area contributed by atoms with Crippen molar-refractivity contribution in [2.45, 2.75) is 6.42 Å². The highest BCUT2D eigenvalue weighted by molar-refractivity contribution is 9.10. The Kier molecular flexibility index (Phi) is 4.04. The highest BCUT2D eigenvalue weighted by atomic mass is 79.9. The number of hydrogen-bond donors (Lipinski definition) is 1.